The molecule has 0 aromatic carbocycles. The Kier molecular flexibility index (Phi) is 4.99. The topological polar surface area (TPSA) is 55.1 Å². The second-order valence-corrected chi connectivity index (χ2v) is 7.03. The van der Waals surface area contributed by atoms with Crippen molar-refractivity contribution < 1.29 is 4.79 Å². The van der Waals surface area contributed by atoms with Crippen LogP contribution >= 0.6 is 11.3 Å². The van der Waals surface area contributed by atoms with Crippen LogP contribution in [0.3, 0.4) is 0 Å². The maximum absolute atomic E-state index is 12.3. The zero-order valence-electron chi connectivity index (χ0n) is 11.8. The molecule has 3 N–H and O–H groups in total. The lowest BCUT2D eigenvalue weighted by atomic mass is 9.95. The van der Waals surface area contributed by atoms with Crippen LogP contribution in [0.4, 0.5) is 0 Å². The van der Waals surface area contributed by atoms with E-state index in [2.05, 4.69) is 31.3 Å². The van der Waals surface area contributed by atoms with E-state index in [9.17, 15) is 4.79 Å². The number of rotatable bonds is 5. The summed E-state index contributed by atoms with van der Waals surface area (Å²) in [6.45, 7) is 4.83. The van der Waals surface area contributed by atoms with Gasteiger partial charge in [-0.2, -0.15) is 0 Å². The van der Waals surface area contributed by atoms with Crippen molar-refractivity contribution in [1.29, 1.82) is 0 Å². The zero-order valence-corrected chi connectivity index (χ0v) is 12.6. The molecule has 3 nitrogen and oxygen atoms in total. The van der Waals surface area contributed by atoms with E-state index >= 15 is 0 Å². The van der Waals surface area contributed by atoms with E-state index in [1.54, 1.807) is 0 Å². The Labute approximate surface area is 119 Å². The molecule has 3 atom stereocenters. The molecular weight excluding hydrogens is 256 g/mol. The Bertz CT molecular complexity index is 430. The predicted octanol–water partition coefficient (Wildman–Crippen LogP) is 2.48. The maximum Gasteiger partial charge on any atom is 0.223 e. The second-order valence-electron chi connectivity index (χ2n) is 5.66. The predicted molar refractivity (Wildman–Crippen MR) is 80.3 cm³/mol. The van der Waals surface area contributed by atoms with Crippen LogP contribution in [0.1, 0.15) is 35.9 Å². The van der Waals surface area contributed by atoms with E-state index in [4.69, 9.17) is 5.73 Å². The molecule has 1 heterocycles. The van der Waals surface area contributed by atoms with Crippen molar-refractivity contribution in [3.05, 3.63) is 21.9 Å². The van der Waals surface area contributed by atoms with Gasteiger partial charge in [0.1, 0.15) is 0 Å². The van der Waals surface area contributed by atoms with Crippen LogP contribution in [0.2, 0.25) is 0 Å². The Morgan fingerprint density at radius 2 is 2.32 bits per heavy atom. The van der Waals surface area contributed by atoms with Crippen molar-refractivity contribution >= 4 is 17.2 Å². The van der Waals surface area contributed by atoms with E-state index in [-0.39, 0.29) is 17.9 Å². The third-order valence-corrected chi connectivity index (χ3v) is 5.01. The molecule has 2 rings (SSSR count). The molecule has 1 aliphatic rings. The van der Waals surface area contributed by atoms with Gasteiger partial charge in [-0.05, 0) is 51.3 Å². The quantitative estimate of drug-likeness (QED) is 0.870. The van der Waals surface area contributed by atoms with Gasteiger partial charge in [0.25, 0.3) is 0 Å². The first-order chi connectivity index (χ1) is 9.10. The number of nitrogens with two attached hydrogens (primary N) is 1. The molecule has 1 aromatic heterocycles. The summed E-state index contributed by atoms with van der Waals surface area (Å²) in [5.41, 5.74) is 5.74. The molecule has 1 aliphatic carbocycles. The first-order valence-corrected chi connectivity index (χ1v) is 7.97. The number of carbonyl (C=O) groups excluding carboxylic acids is 1. The molecule has 0 saturated heterocycles. The lowest BCUT2D eigenvalue weighted by Gasteiger charge is -2.20. The molecule has 106 valence electrons. The highest BCUT2D eigenvalue weighted by atomic mass is 32.1. The Balaban J connectivity index is 1.84. The van der Waals surface area contributed by atoms with Crippen molar-refractivity contribution in [3.8, 4) is 0 Å². The highest BCUT2D eigenvalue weighted by molar-refractivity contribution is 7.11. The van der Waals surface area contributed by atoms with Gasteiger partial charge in [0.2, 0.25) is 5.91 Å². The minimum atomic E-state index is 0.137. The molecule has 1 amide bonds. The average molecular weight is 280 g/mol. The van der Waals surface area contributed by atoms with Gasteiger partial charge in [-0.1, -0.05) is 6.42 Å². The van der Waals surface area contributed by atoms with Crippen LogP contribution in [0, 0.1) is 18.8 Å². The van der Waals surface area contributed by atoms with Gasteiger partial charge in [0.15, 0.2) is 0 Å². The van der Waals surface area contributed by atoms with E-state index in [0.29, 0.717) is 12.5 Å². The molecule has 0 spiro atoms. The number of hydrogen-bond acceptors (Lipinski definition) is 3. The minimum absolute atomic E-state index is 0.137. The lowest BCUT2D eigenvalue weighted by molar-refractivity contribution is -0.126. The lowest BCUT2D eigenvalue weighted by Crippen LogP contribution is -2.40. The van der Waals surface area contributed by atoms with Crippen molar-refractivity contribution in [1.82, 2.24) is 5.32 Å². The monoisotopic (exact) mass is 280 g/mol. The summed E-state index contributed by atoms with van der Waals surface area (Å²) in [6.07, 6.45) is 4.16. The largest absolute Gasteiger partial charge is 0.353 e. The number of nitrogens with one attached hydrogen (secondary N) is 1. The summed E-state index contributed by atoms with van der Waals surface area (Å²) in [7, 11) is 0. The van der Waals surface area contributed by atoms with Gasteiger partial charge in [-0.25, -0.2) is 0 Å². The van der Waals surface area contributed by atoms with E-state index < -0.39 is 0 Å². The third kappa shape index (κ3) is 3.80. The minimum Gasteiger partial charge on any atom is -0.353 e. The normalized spacial score (nSPS) is 24.4. The van der Waals surface area contributed by atoms with Crippen LogP contribution in [0.5, 0.6) is 0 Å². The summed E-state index contributed by atoms with van der Waals surface area (Å²) >= 11 is 1.81. The molecule has 0 radical (unpaired) electrons. The molecular formula is C15H24N2OS. The molecule has 1 fully saturated rings. The molecule has 1 aromatic rings. The third-order valence-electron chi connectivity index (χ3n) is 3.99. The molecule has 0 bridgehead atoms. The summed E-state index contributed by atoms with van der Waals surface area (Å²) in [6, 6.07) is 4.49. The summed E-state index contributed by atoms with van der Waals surface area (Å²) < 4.78 is 0. The number of carbonyl (C=O) groups is 1. The van der Waals surface area contributed by atoms with Crippen LogP contribution in [-0.2, 0) is 11.2 Å². The fourth-order valence-electron chi connectivity index (χ4n) is 2.96. The van der Waals surface area contributed by atoms with Crippen LogP contribution in [0.15, 0.2) is 12.1 Å². The molecule has 1 saturated carbocycles. The maximum atomic E-state index is 12.3. The van der Waals surface area contributed by atoms with Crippen LogP contribution in [-0.4, -0.2) is 18.5 Å². The van der Waals surface area contributed by atoms with Gasteiger partial charge in [0, 0.05) is 28.1 Å². The molecule has 4 heteroatoms. The fraction of sp³-hybridized carbons (Fsp3) is 0.667. The number of hydrogen-bond donors (Lipinski definition) is 2. The number of amides is 1. The Hall–Kier alpha value is -0.870. The van der Waals surface area contributed by atoms with Gasteiger partial charge < -0.3 is 11.1 Å². The average Bonchev–Trinajstić information content (AvgIpc) is 2.97. The summed E-state index contributed by atoms with van der Waals surface area (Å²) in [4.78, 5) is 14.9. The van der Waals surface area contributed by atoms with Gasteiger partial charge in [0.05, 0.1) is 0 Å². The highest BCUT2D eigenvalue weighted by Gasteiger charge is 2.32. The SMILES string of the molecule is Cc1ccc(CC(C)NC(=O)C2CCCC2CN)s1. The standard InChI is InChI=1S/C15H24N2OS/c1-10(8-13-7-6-11(2)19-13)17-15(18)14-5-3-4-12(14)9-16/h6-7,10,12,14H,3-5,8-9,16H2,1-2H3,(H,17,18). The highest BCUT2D eigenvalue weighted by Crippen LogP contribution is 2.31. The smallest absolute Gasteiger partial charge is 0.223 e. The van der Waals surface area contributed by atoms with Gasteiger partial charge >= 0.3 is 0 Å². The number of thiophene rings is 1. The summed E-state index contributed by atoms with van der Waals surface area (Å²) in [5.74, 6) is 0.724. The zero-order chi connectivity index (χ0) is 13.8. The van der Waals surface area contributed by atoms with E-state index in [0.717, 1.165) is 25.7 Å². The van der Waals surface area contributed by atoms with Crippen molar-refractivity contribution in [2.75, 3.05) is 6.54 Å². The van der Waals surface area contributed by atoms with Crippen molar-refractivity contribution in [3.63, 3.8) is 0 Å². The van der Waals surface area contributed by atoms with Crippen molar-refractivity contribution in [2.24, 2.45) is 17.6 Å². The van der Waals surface area contributed by atoms with Crippen LogP contribution in [0.25, 0.3) is 0 Å². The van der Waals surface area contributed by atoms with Crippen LogP contribution < -0.4 is 11.1 Å². The first kappa shape index (κ1) is 14.5. The van der Waals surface area contributed by atoms with E-state index in [1.165, 1.54) is 9.75 Å². The molecule has 3 unspecified atom stereocenters. The Morgan fingerprint density at radius 3 is 2.95 bits per heavy atom. The van der Waals surface area contributed by atoms with Crippen molar-refractivity contribution in [2.45, 2.75) is 45.6 Å². The Morgan fingerprint density at radius 1 is 1.53 bits per heavy atom. The van der Waals surface area contributed by atoms with Gasteiger partial charge in [-0.15, -0.1) is 11.3 Å². The molecule has 19 heavy (non-hydrogen) atoms. The first-order valence-electron chi connectivity index (χ1n) is 7.16. The van der Waals surface area contributed by atoms with Gasteiger partial charge in [-0.3, -0.25) is 4.79 Å². The fourth-order valence-corrected chi connectivity index (χ4v) is 3.98. The van der Waals surface area contributed by atoms with E-state index in [1.807, 2.05) is 11.3 Å². The summed E-state index contributed by atoms with van der Waals surface area (Å²) in [5, 5.41) is 3.16. The number of aryl methyl sites for hydroxylation is 1. The second kappa shape index (κ2) is 6.53. The molecule has 0 aliphatic heterocycles.